The summed E-state index contributed by atoms with van der Waals surface area (Å²) in [6, 6.07) is 3.46. The molecule has 7 heteroatoms. The lowest BCUT2D eigenvalue weighted by molar-refractivity contribution is -0.136. The molecule has 0 saturated carbocycles. The molecule has 3 nitrogen and oxygen atoms in total. The molecule has 1 N–H and O–H groups in total. The Morgan fingerprint density at radius 3 is 2.75 bits per heavy atom. The van der Waals surface area contributed by atoms with Gasteiger partial charge in [0.2, 0.25) is 0 Å². The molecule has 0 aliphatic rings. The van der Waals surface area contributed by atoms with Crippen LogP contribution in [0.1, 0.15) is 11.1 Å². The van der Waals surface area contributed by atoms with E-state index in [2.05, 4.69) is 9.97 Å². The zero-order valence-corrected chi connectivity index (χ0v) is 10.6. The third-order valence-electron chi connectivity index (χ3n) is 2.92. The van der Waals surface area contributed by atoms with Gasteiger partial charge in [-0.3, -0.25) is 0 Å². The molecule has 0 aliphatic carbocycles. The van der Waals surface area contributed by atoms with Gasteiger partial charge in [-0.1, -0.05) is 0 Å². The highest BCUT2D eigenvalue weighted by Crippen LogP contribution is 2.41. The van der Waals surface area contributed by atoms with Crippen LogP contribution < -0.4 is 0 Å². The van der Waals surface area contributed by atoms with Gasteiger partial charge in [-0.15, -0.1) is 0 Å². The molecule has 3 heterocycles. The third-order valence-corrected chi connectivity index (χ3v) is 3.66. The first-order valence-corrected chi connectivity index (χ1v) is 6.46. The normalized spacial score (nSPS) is 11.7. The summed E-state index contributed by atoms with van der Waals surface area (Å²) in [6.45, 7) is 0. The minimum Gasteiger partial charge on any atom is -0.346 e. The van der Waals surface area contributed by atoms with Crippen LogP contribution in [0.4, 0.5) is 13.2 Å². The number of alkyl halides is 3. The van der Waals surface area contributed by atoms with Crippen molar-refractivity contribution >= 4 is 22.4 Å². The molecule has 3 aromatic heterocycles. The number of aromatic amines is 1. The van der Waals surface area contributed by atoms with Gasteiger partial charge < -0.3 is 4.98 Å². The predicted molar refractivity (Wildman–Crippen MR) is 69.1 cm³/mol. The smallest absolute Gasteiger partial charge is 0.346 e. The van der Waals surface area contributed by atoms with Crippen LogP contribution in [0.5, 0.6) is 0 Å². The molecule has 0 saturated heterocycles. The number of nitrogens with one attached hydrogen (secondary N) is 1. The summed E-state index contributed by atoms with van der Waals surface area (Å²) in [4.78, 5) is 6.84. The van der Waals surface area contributed by atoms with Gasteiger partial charge in [0.1, 0.15) is 11.7 Å². The van der Waals surface area contributed by atoms with Crippen molar-refractivity contribution in [3.8, 4) is 17.2 Å². The summed E-state index contributed by atoms with van der Waals surface area (Å²) < 4.78 is 38.8. The molecule has 100 valence electrons. The van der Waals surface area contributed by atoms with Crippen LogP contribution in [0.3, 0.4) is 0 Å². The van der Waals surface area contributed by atoms with Gasteiger partial charge in [-0.25, -0.2) is 4.98 Å². The van der Waals surface area contributed by atoms with E-state index in [-0.39, 0.29) is 5.56 Å². The molecule has 0 atom stereocenters. The highest BCUT2D eigenvalue weighted by Gasteiger charge is 2.34. The quantitative estimate of drug-likeness (QED) is 0.731. The van der Waals surface area contributed by atoms with Gasteiger partial charge in [0.05, 0.1) is 11.1 Å². The lowest BCUT2D eigenvalue weighted by Crippen LogP contribution is -2.04. The van der Waals surface area contributed by atoms with Crippen molar-refractivity contribution in [1.82, 2.24) is 9.97 Å². The van der Waals surface area contributed by atoms with Crippen LogP contribution in [0.2, 0.25) is 0 Å². The number of rotatable bonds is 1. The molecule has 0 fully saturated rings. The SMILES string of the molecule is N#Cc1cnc2[nH]cc(-c3cscc3C(F)(F)F)c2c1. The van der Waals surface area contributed by atoms with Crippen LogP contribution in [0.15, 0.2) is 29.2 Å². The lowest BCUT2D eigenvalue weighted by Gasteiger charge is -2.07. The number of aromatic nitrogens is 2. The Labute approximate surface area is 115 Å². The number of hydrogen-bond acceptors (Lipinski definition) is 3. The number of thiophene rings is 1. The van der Waals surface area contributed by atoms with E-state index in [9.17, 15) is 13.2 Å². The number of pyridine rings is 1. The van der Waals surface area contributed by atoms with E-state index in [0.717, 1.165) is 16.7 Å². The van der Waals surface area contributed by atoms with Crippen LogP contribution in [-0.2, 0) is 6.18 Å². The van der Waals surface area contributed by atoms with E-state index >= 15 is 0 Å². The first-order valence-electron chi connectivity index (χ1n) is 5.51. The third kappa shape index (κ3) is 1.94. The van der Waals surface area contributed by atoms with Gasteiger partial charge in [0.25, 0.3) is 0 Å². The summed E-state index contributed by atoms with van der Waals surface area (Å²) >= 11 is 0.991. The topological polar surface area (TPSA) is 52.5 Å². The first-order chi connectivity index (χ1) is 9.50. The lowest BCUT2D eigenvalue weighted by atomic mass is 10.0. The van der Waals surface area contributed by atoms with Gasteiger partial charge in [0.15, 0.2) is 0 Å². The number of fused-ring (bicyclic) bond motifs is 1. The molecule has 0 spiro atoms. The Morgan fingerprint density at radius 1 is 1.25 bits per heavy atom. The van der Waals surface area contributed by atoms with Crippen molar-refractivity contribution < 1.29 is 13.2 Å². The first kappa shape index (κ1) is 12.7. The zero-order valence-electron chi connectivity index (χ0n) is 9.82. The fourth-order valence-corrected chi connectivity index (χ4v) is 2.87. The Balaban J connectivity index is 2.26. The van der Waals surface area contributed by atoms with E-state index < -0.39 is 11.7 Å². The Kier molecular flexibility index (Phi) is 2.76. The average molecular weight is 293 g/mol. The molecule has 0 bridgehead atoms. The van der Waals surface area contributed by atoms with Gasteiger partial charge >= 0.3 is 6.18 Å². The molecular formula is C13H6F3N3S. The number of hydrogen-bond donors (Lipinski definition) is 1. The zero-order chi connectivity index (χ0) is 14.3. The van der Waals surface area contributed by atoms with Crippen molar-refractivity contribution in [2.75, 3.05) is 0 Å². The summed E-state index contributed by atoms with van der Waals surface area (Å²) in [5.74, 6) is 0. The fraction of sp³-hybridized carbons (Fsp3) is 0.0769. The molecule has 0 amide bonds. The Hall–Kier alpha value is -2.33. The maximum Gasteiger partial charge on any atom is 0.417 e. The van der Waals surface area contributed by atoms with Crippen molar-refractivity contribution in [3.05, 3.63) is 40.3 Å². The second-order valence-electron chi connectivity index (χ2n) is 4.13. The van der Waals surface area contributed by atoms with Gasteiger partial charge in [-0.2, -0.15) is 29.8 Å². The summed E-state index contributed by atoms with van der Waals surface area (Å²) in [7, 11) is 0. The molecule has 0 aromatic carbocycles. The minimum atomic E-state index is -4.40. The van der Waals surface area contributed by atoms with Crippen molar-refractivity contribution in [2.45, 2.75) is 6.18 Å². The number of H-pyrrole nitrogens is 1. The van der Waals surface area contributed by atoms with E-state index in [4.69, 9.17) is 5.26 Å². The molecule has 3 aromatic rings. The summed E-state index contributed by atoms with van der Waals surface area (Å²) in [5, 5.41) is 11.9. The fourth-order valence-electron chi connectivity index (χ4n) is 2.01. The Bertz CT molecular complexity index is 823. The second kappa shape index (κ2) is 4.35. The van der Waals surface area contributed by atoms with Crippen molar-refractivity contribution in [1.29, 1.82) is 5.26 Å². The molecule has 0 unspecified atom stereocenters. The molecule has 20 heavy (non-hydrogen) atoms. The van der Waals surface area contributed by atoms with E-state index in [0.29, 0.717) is 22.2 Å². The van der Waals surface area contributed by atoms with Crippen LogP contribution >= 0.6 is 11.3 Å². The van der Waals surface area contributed by atoms with Crippen LogP contribution in [0.25, 0.3) is 22.2 Å². The van der Waals surface area contributed by atoms with E-state index in [1.165, 1.54) is 23.8 Å². The Morgan fingerprint density at radius 2 is 2.05 bits per heavy atom. The molecule has 3 rings (SSSR count). The van der Waals surface area contributed by atoms with E-state index in [1.54, 1.807) is 0 Å². The molecule has 0 radical (unpaired) electrons. The van der Waals surface area contributed by atoms with Crippen molar-refractivity contribution in [3.63, 3.8) is 0 Å². The van der Waals surface area contributed by atoms with E-state index in [1.807, 2.05) is 6.07 Å². The van der Waals surface area contributed by atoms with Crippen LogP contribution in [-0.4, -0.2) is 9.97 Å². The summed E-state index contributed by atoms with van der Waals surface area (Å²) in [5.41, 5.74) is 0.593. The van der Waals surface area contributed by atoms with Crippen LogP contribution in [0, 0.1) is 11.3 Å². The standard InChI is InChI=1S/C13H6F3N3S/c14-13(15,16)11-6-20-5-10(11)9-4-19-12-8(9)1-7(2-17)3-18-12/h1,3-6H,(H,18,19). The highest BCUT2D eigenvalue weighted by molar-refractivity contribution is 7.08. The minimum absolute atomic E-state index is 0.102. The maximum absolute atomic E-state index is 12.9. The second-order valence-corrected chi connectivity index (χ2v) is 4.87. The highest BCUT2D eigenvalue weighted by atomic mass is 32.1. The van der Waals surface area contributed by atoms with Gasteiger partial charge in [-0.05, 0) is 11.4 Å². The maximum atomic E-state index is 12.9. The average Bonchev–Trinajstić information content (AvgIpc) is 3.02. The number of nitriles is 1. The largest absolute Gasteiger partial charge is 0.417 e. The monoisotopic (exact) mass is 293 g/mol. The molecular weight excluding hydrogens is 287 g/mol. The number of halogens is 3. The summed E-state index contributed by atoms with van der Waals surface area (Å²) in [6.07, 6.45) is -1.55. The molecule has 0 aliphatic heterocycles. The van der Waals surface area contributed by atoms with Crippen molar-refractivity contribution in [2.24, 2.45) is 0 Å². The van der Waals surface area contributed by atoms with Gasteiger partial charge in [0, 0.05) is 34.3 Å². The number of nitrogens with zero attached hydrogens (tertiary/aromatic N) is 2. The predicted octanol–water partition coefficient (Wildman–Crippen LogP) is 4.18.